The van der Waals surface area contributed by atoms with Crippen molar-refractivity contribution in [2.45, 2.75) is 20.4 Å². The fourth-order valence-corrected chi connectivity index (χ4v) is 2.34. The molecule has 0 atom stereocenters. The Labute approximate surface area is 135 Å². The van der Waals surface area contributed by atoms with Crippen molar-refractivity contribution in [1.29, 1.82) is 0 Å². The Kier molecular flexibility index (Phi) is 5.45. The Morgan fingerprint density at radius 2 is 1.76 bits per heavy atom. The van der Waals surface area contributed by atoms with Gasteiger partial charge in [-0.25, -0.2) is 0 Å². The van der Waals surface area contributed by atoms with Gasteiger partial charge in [-0.2, -0.15) is 0 Å². The van der Waals surface area contributed by atoms with E-state index < -0.39 is 0 Å². The van der Waals surface area contributed by atoms with Gasteiger partial charge in [-0.15, -0.1) is 0 Å². The molecule has 0 aliphatic rings. The molecule has 2 aromatic carbocycles. The van der Waals surface area contributed by atoms with Gasteiger partial charge in [0.15, 0.2) is 0 Å². The van der Waals surface area contributed by atoms with Crippen molar-refractivity contribution in [2.24, 2.45) is 0 Å². The monoisotopic (exact) mass is 345 g/mol. The first-order chi connectivity index (χ1) is 10.1. The summed E-state index contributed by atoms with van der Waals surface area (Å²) in [5.74, 6) is 0.869. The van der Waals surface area contributed by atoms with E-state index in [1.54, 1.807) is 6.08 Å². The predicted octanol–water partition coefficient (Wildman–Crippen LogP) is 5.24. The molecule has 0 spiro atoms. The van der Waals surface area contributed by atoms with Crippen LogP contribution in [-0.4, -0.2) is 6.61 Å². The summed E-state index contributed by atoms with van der Waals surface area (Å²) in [5.41, 5.74) is 4.84. The molecule has 0 aliphatic carbocycles. The van der Waals surface area contributed by atoms with Crippen LogP contribution in [0.25, 0.3) is 0 Å². The number of aryl methyl sites for hydroxylation is 2. The van der Waals surface area contributed by atoms with E-state index in [0.29, 0.717) is 6.61 Å². The number of rotatable bonds is 6. The number of ether oxygens (including phenoxy) is 1. The molecular formula is C18H20BrNO. The smallest absolute Gasteiger partial charge is 0.119 e. The summed E-state index contributed by atoms with van der Waals surface area (Å²) in [6.45, 7) is 9.18. The SMILES string of the molecule is C=CCOc1ccc(CNc2cc(C)c(Br)c(C)c2)cc1. The number of anilines is 1. The van der Waals surface area contributed by atoms with Crippen LogP contribution in [0.1, 0.15) is 16.7 Å². The van der Waals surface area contributed by atoms with Gasteiger partial charge in [-0.05, 0) is 54.8 Å². The van der Waals surface area contributed by atoms with Crippen LogP contribution in [0.4, 0.5) is 5.69 Å². The van der Waals surface area contributed by atoms with Gasteiger partial charge in [-0.3, -0.25) is 0 Å². The Hall–Kier alpha value is -1.74. The molecule has 3 heteroatoms. The lowest BCUT2D eigenvalue weighted by atomic mass is 10.1. The third-order valence-corrected chi connectivity index (χ3v) is 4.48. The van der Waals surface area contributed by atoms with Gasteiger partial charge in [0.2, 0.25) is 0 Å². The van der Waals surface area contributed by atoms with Crippen molar-refractivity contribution in [1.82, 2.24) is 0 Å². The van der Waals surface area contributed by atoms with E-state index in [4.69, 9.17) is 4.74 Å². The van der Waals surface area contributed by atoms with E-state index >= 15 is 0 Å². The molecule has 0 aromatic heterocycles. The maximum atomic E-state index is 5.47. The van der Waals surface area contributed by atoms with Crippen LogP contribution in [-0.2, 0) is 6.54 Å². The zero-order chi connectivity index (χ0) is 15.2. The first kappa shape index (κ1) is 15.6. The summed E-state index contributed by atoms with van der Waals surface area (Å²) in [6, 6.07) is 12.4. The highest BCUT2D eigenvalue weighted by atomic mass is 79.9. The molecule has 0 heterocycles. The van der Waals surface area contributed by atoms with Gasteiger partial charge in [0.1, 0.15) is 12.4 Å². The topological polar surface area (TPSA) is 21.3 Å². The van der Waals surface area contributed by atoms with Gasteiger partial charge in [0.05, 0.1) is 0 Å². The van der Waals surface area contributed by atoms with Crippen molar-refractivity contribution in [3.63, 3.8) is 0 Å². The van der Waals surface area contributed by atoms with Crippen LogP contribution in [0.15, 0.2) is 53.5 Å². The largest absolute Gasteiger partial charge is 0.490 e. The highest BCUT2D eigenvalue weighted by Gasteiger charge is 2.02. The summed E-state index contributed by atoms with van der Waals surface area (Å²) in [7, 11) is 0. The first-order valence-electron chi connectivity index (χ1n) is 6.93. The molecule has 21 heavy (non-hydrogen) atoms. The molecule has 0 amide bonds. The summed E-state index contributed by atoms with van der Waals surface area (Å²) in [5, 5.41) is 3.45. The molecule has 110 valence electrons. The number of nitrogens with one attached hydrogen (secondary N) is 1. The molecule has 0 bridgehead atoms. The fourth-order valence-electron chi connectivity index (χ4n) is 2.11. The lowest BCUT2D eigenvalue weighted by Crippen LogP contribution is -2.00. The second kappa shape index (κ2) is 7.32. The molecule has 1 N–H and O–H groups in total. The van der Waals surface area contributed by atoms with E-state index in [1.807, 2.05) is 12.1 Å². The molecule has 0 aliphatic heterocycles. The van der Waals surface area contributed by atoms with Crippen LogP contribution in [0.3, 0.4) is 0 Å². The van der Waals surface area contributed by atoms with Crippen molar-refractivity contribution in [3.05, 3.63) is 70.2 Å². The maximum absolute atomic E-state index is 5.47. The second-order valence-corrected chi connectivity index (χ2v) is 5.81. The molecule has 0 unspecified atom stereocenters. The number of hydrogen-bond donors (Lipinski definition) is 1. The van der Waals surface area contributed by atoms with Crippen LogP contribution in [0, 0.1) is 13.8 Å². The van der Waals surface area contributed by atoms with Crippen LogP contribution < -0.4 is 10.1 Å². The Balaban J connectivity index is 1.98. The number of halogens is 1. The van der Waals surface area contributed by atoms with Crippen molar-refractivity contribution < 1.29 is 4.74 Å². The average Bonchev–Trinajstić information content (AvgIpc) is 2.49. The maximum Gasteiger partial charge on any atom is 0.119 e. The third kappa shape index (κ3) is 4.36. The Morgan fingerprint density at radius 3 is 2.33 bits per heavy atom. The Bertz CT molecular complexity index is 597. The molecule has 0 saturated heterocycles. The fraction of sp³-hybridized carbons (Fsp3) is 0.222. The van der Waals surface area contributed by atoms with Crippen LogP contribution >= 0.6 is 15.9 Å². The van der Waals surface area contributed by atoms with Crippen LogP contribution in [0.5, 0.6) is 5.75 Å². The minimum Gasteiger partial charge on any atom is -0.490 e. The van der Waals surface area contributed by atoms with Gasteiger partial charge in [-0.1, -0.05) is 40.7 Å². The molecule has 2 nitrogen and oxygen atoms in total. The third-order valence-electron chi connectivity index (χ3n) is 3.22. The zero-order valence-corrected chi connectivity index (χ0v) is 14.0. The van der Waals surface area contributed by atoms with Crippen LogP contribution in [0.2, 0.25) is 0 Å². The predicted molar refractivity (Wildman–Crippen MR) is 93.1 cm³/mol. The Morgan fingerprint density at radius 1 is 1.14 bits per heavy atom. The van der Waals surface area contributed by atoms with Crippen molar-refractivity contribution in [2.75, 3.05) is 11.9 Å². The van der Waals surface area contributed by atoms with Gasteiger partial charge in [0.25, 0.3) is 0 Å². The minimum absolute atomic E-state index is 0.537. The van der Waals surface area contributed by atoms with Gasteiger partial charge < -0.3 is 10.1 Å². The number of benzene rings is 2. The van der Waals surface area contributed by atoms with E-state index in [1.165, 1.54) is 21.2 Å². The van der Waals surface area contributed by atoms with E-state index in [9.17, 15) is 0 Å². The lowest BCUT2D eigenvalue weighted by Gasteiger charge is -2.11. The summed E-state index contributed by atoms with van der Waals surface area (Å²) < 4.78 is 6.65. The first-order valence-corrected chi connectivity index (χ1v) is 7.72. The average molecular weight is 346 g/mol. The summed E-state index contributed by atoms with van der Waals surface area (Å²) in [6.07, 6.45) is 1.74. The normalized spacial score (nSPS) is 10.2. The van der Waals surface area contributed by atoms with Crippen molar-refractivity contribution in [3.8, 4) is 5.75 Å². The number of hydrogen-bond acceptors (Lipinski definition) is 2. The highest BCUT2D eigenvalue weighted by molar-refractivity contribution is 9.10. The zero-order valence-electron chi connectivity index (χ0n) is 12.4. The van der Waals surface area contributed by atoms with Gasteiger partial charge in [0, 0.05) is 16.7 Å². The summed E-state index contributed by atoms with van der Waals surface area (Å²) >= 11 is 3.59. The lowest BCUT2D eigenvalue weighted by molar-refractivity contribution is 0.363. The highest BCUT2D eigenvalue weighted by Crippen LogP contribution is 2.25. The standard InChI is InChI=1S/C18H20BrNO/c1-4-9-21-17-7-5-15(6-8-17)12-20-16-10-13(2)18(19)14(3)11-16/h4-8,10-11,20H,1,9,12H2,2-3H3. The second-order valence-electron chi connectivity index (χ2n) is 5.02. The minimum atomic E-state index is 0.537. The van der Waals surface area contributed by atoms with E-state index in [-0.39, 0.29) is 0 Å². The molecule has 0 fully saturated rings. The molecule has 0 saturated carbocycles. The van der Waals surface area contributed by atoms with E-state index in [2.05, 4.69) is 65.9 Å². The molecule has 2 rings (SSSR count). The molecule has 0 radical (unpaired) electrons. The molecule has 2 aromatic rings. The van der Waals surface area contributed by atoms with Crippen molar-refractivity contribution >= 4 is 21.6 Å². The summed E-state index contributed by atoms with van der Waals surface area (Å²) in [4.78, 5) is 0. The van der Waals surface area contributed by atoms with E-state index in [0.717, 1.165) is 18.0 Å². The molecular weight excluding hydrogens is 326 g/mol. The quantitative estimate of drug-likeness (QED) is 0.722. The van der Waals surface area contributed by atoms with Gasteiger partial charge >= 0.3 is 0 Å².